The summed E-state index contributed by atoms with van der Waals surface area (Å²) in [5.41, 5.74) is 4.08. The van der Waals surface area contributed by atoms with Gasteiger partial charge in [-0.15, -0.1) is 0 Å². The smallest absolute Gasteiger partial charge is 0.337 e. The standard InChI is InChI=1S/C18H16O5/c1-22-17(20)10-3-5-14-12(7-10)9-13-8-11(18(21)23-2)4-6-15(13)16(14)19/h3-8,16,19H,9H2,1-2H3. The minimum atomic E-state index is -0.785. The summed E-state index contributed by atoms with van der Waals surface area (Å²) in [5.74, 6) is -0.840. The van der Waals surface area contributed by atoms with Crippen molar-refractivity contribution in [1.82, 2.24) is 0 Å². The molecular weight excluding hydrogens is 296 g/mol. The fourth-order valence-electron chi connectivity index (χ4n) is 2.91. The van der Waals surface area contributed by atoms with Crippen LogP contribution < -0.4 is 0 Å². The summed E-state index contributed by atoms with van der Waals surface area (Å²) in [4.78, 5) is 23.3. The molecule has 0 heterocycles. The molecule has 0 atom stereocenters. The van der Waals surface area contributed by atoms with Gasteiger partial charge in [-0.05, 0) is 52.9 Å². The van der Waals surface area contributed by atoms with E-state index in [9.17, 15) is 14.7 Å². The van der Waals surface area contributed by atoms with Crippen molar-refractivity contribution in [3.8, 4) is 0 Å². The molecule has 2 aromatic carbocycles. The quantitative estimate of drug-likeness (QED) is 0.861. The van der Waals surface area contributed by atoms with Crippen LogP contribution in [-0.4, -0.2) is 31.3 Å². The number of methoxy groups -OCH3 is 2. The number of carbonyl (C=O) groups excluding carboxylic acids is 2. The van der Waals surface area contributed by atoms with Gasteiger partial charge in [-0.3, -0.25) is 0 Å². The molecule has 0 unspecified atom stereocenters. The van der Waals surface area contributed by atoms with E-state index in [1.807, 2.05) is 0 Å². The predicted octanol–water partition coefficient (Wildman–Crippen LogP) is 2.25. The maximum Gasteiger partial charge on any atom is 0.337 e. The molecular formula is C18H16O5. The molecule has 0 radical (unpaired) electrons. The Hall–Kier alpha value is -2.66. The van der Waals surface area contributed by atoms with Crippen molar-refractivity contribution in [2.24, 2.45) is 0 Å². The van der Waals surface area contributed by atoms with E-state index < -0.39 is 18.0 Å². The molecule has 0 saturated heterocycles. The third-order valence-electron chi connectivity index (χ3n) is 4.10. The lowest BCUT2D eigenvalue weighted by molar-refractivity contribution is 0.0592. The lowest BCUT2D eigenvalue weighted by Gasteiger charge is -2.25. The summed E-state index contributed by atoms with van der Waals surface area (Å²) in [7, 11) is 2.66. The van der Waals surface area contributed by atoms with Crippen molar-refractivity contribution in [2.45, 2.75) is 12.5 Å². The molecule has 3 rings (SSSR count). The van der Waals surface area contributed by atoms with Crippen molar-refractivity contribution < 1.29 is 24.2 Å². The number of hydrogen-bond acceptors (Lipinski definition) is 5. The third kappa shape index (κ3) is 2.59. The minimum Gasteiger partial charge on any atom is -0.465 e. The first kappa shape index (κ1) is 15.2. The lowest BCUT2D eigenvalue weighted by atomic mass is 9.82. The van der Waals surface area contributed by atoms with Crippen LogP contribution in [0.25, 0.3) is 0 Å². The van der Waals surface area contributed by atoms with Gasteiger partial charge >= 0.3 is 11.9 Å². The van der Waals surface area contributed by atoms with Crippen LogP contribution in [0.3, 0.4) is 0 Å². The fraction of sp³-hybridized carbons (Fsp3) is 0.222. The van der Waals surface area contributed by atoms with E-state index >= 15 is 0 Å². The number of hydrogen-bond donors (Lipinski definition) is 1. The summed E-state index contributed by atoms with van der Waals surface area (Å²) in [6.45, 7) is 0. The van der Waals surface area contributed by atoms with Gasteiger partial charge in [-0.2, -0.15) is 0 Å². The summed E-state index contributed by atoms with van der Waals surface area (Å²) in [6, 6.07) is 10.2. The summed E-state index contributed by atoms with van der Waals surface area (Å²) in [6.07, 6.45) is -0.260. The van der Waals surface area contributed by atoms with Gasteiger partial charge in [-0.1, -0.05) is 12.1 Å². The van der Waals surface area contributed by atoms with Crippen LogP contribution in [0.5, 0.6) is 0 Å². The number of rotatable bonds is 2. The van der Waals surface area contributed by atoms with Crippen LogP contribution in [-0.2, 0) is 15.9 Å². The zero-order valence-electron chi connectivity index (χ0n) is 12.8. The highest BCUT2D eigenvalue weighted by molar-refractivity contribution is 5.90. The Labute approximate surface area is 133 Å². The van der Waals surface area contributed by atoms with Gasteiger partial charge in [0.1, 0.15) is 6.10 Å². The molecule has 0 spiro atoms. The van der Waals surface area contributed by atoms with Gasteiger partial charge in [0, 0.05) is 0 Å². The van der Waals surface area contributed by atoms with E-state index in [0.29, 0.717) is 17.5 Å². The van der Waals surface area contributed by atoms with Crippen LogP contribution in [0.4, 0.5) is 0 Å². The Morgan fingerprint density at radius 3 is 1.74 bits per heavy atom. The Kier molecular flexibility index (Phi) is 3.88. The van der Waals surface area contributed by atoms with Gasteiger partial charge in [-0.25, -0.2) is 9.59 Å². The predicted molar refractivity (Wildman–Crippen MR) is 82.4 cm³/mol. The SMILES string of the molecule is COC(=O)c1ccc2c(c1)Cc1cc(C(=O)OC)ccc1C2O. The Balaban J connectivity index is 2.04. The second kappa shape index (κ2) is 5.85. The molecule has 0 amide bonds. The van der Waals surface area contributed by atoms with Crippen molar-refractivity contribution in [1.29, 1.82) is 0 Å². The van der Waals surface area contributed by atoms with Crippen LogP contribution in [0.1, 0.15) is 49.1 Å². The summed E-state index contributed by atoms with van der Waals surface area (Å²) >= 11 is 0. The lowest BCUT2D eigenvalue weighted by Crippen LogP contribution is -2.16. The highest BCUT2D eigenvalue weighted by Gasteiger charge is 2.25. The normalized spacial score (nSPS) is 13.0. The fourth-order valence-corrected chi connectivity index (χ4v) is 2.91. The van der Waals surface area contributed by atoms with Gasteiger partial charge in [0.25, 0.3) is 0 Å². The first-order valence-electron chi connectivity index (χ1n) is 7.15. The highest BCUT2D eigenvalue weighted by atomic mass is 16.5. The average Bonchev–Trinajstić information content (AvgIpc) is 2.59. The number of aliphatic hydroxyl groups is 1. The molecule has 5 nitrogen and oxygen atoms in total. The second-order valence-corrected chi connectivity index (χ2v) is 5.39. The van der Waals surface area contributed by atoms with Crippen LogP contribution >= 0.6 is 0 Å². The van der Waals surface area contributed by atoms with Gasteiger partial charge in [0.15, 0.2) is 0 Å². The van der Waals surface area contributed by atoms with E-state index in [1.165, 1.54) is 14.2 Å². The van der Waals surface area contributed by atoms with Crippen LogP contribution in [0, 0.1) is 0 Å². The Morgan fingerprint density at radius 2 is 1.35 bits per heavy atom. The third-order valence-corrected chi connectivity index (χ3v) is 4.10. The Morgan fingerprint density at radius 1 is 0.913 bits per heavy atom. The topological polar surface area (TPSA) is 72.8 Å². The molecule has 1 aliphatic carbocycles. The molecule has 0 saturated carbocycles. The van der Waals surface area contributed by atoms with E-state index in [1.54, 1.807) is 36.4 Å². The molecule has 23 heavy (non-hydrogen) atoms. The molecule has 0 fully saturated rings. The molecule has 2 aromatic rings. The van der Waals surface area contributed by atoms with Crippen LogP contribution in [0.2, 0.25) is 0 Å². The number of carbonyl (C=O) groups is 2. The van der Waals surface area contributed by atoms with Gasteiger partial charge in [0.05, 0.1) is 25.3 Å². The van der Waals surface area contributed by atoms with Crippen molar-refractivity contribution in [2.75, 3.05) is 14.2 Å². The van der Waals surface area contributed by atoms with E-state index in [2.05, 4.69) is 0 Å². The van der Waals surface area contributed by atoms with E-state index in [0.717, 1.165) is 22.3 Å². The van der Waals surface area contributed by atoms with Crippen molar-refractivity contribution in [3.63, 3.8) is 0 Å². The van der Waals surface area contributed by atoms with Crippen LogP contribution in [0.15, 0.2) is 36.4 Å². The van der Waals surface area contributed by atoms with E-state index in [-0.39, 0.29) is 0 Å². The maximum atomic E-state index is 11.7. The summed E-state index contributed by atoms with van der Waals surface area (Å²) < 4.78 is 9.45. The second-order valence-electron chi connectivity index (χ2n) is 5.39. The number of esters is 2. The monoisotopic (exact) mass is 312 g/mol. The average molecular weight is 312 g/mol. The number of ether oxygens (including phenoxy) is 2. The molecule has 118 valence electrons. The van der Waals surface area contributed by atoms with Gasteiger partial charge < -0.3 is 14.6 Å². The molecule has 5 heteroatoms. The largest absolute Gasteiger partial charge is 0.465 e. The molecule has 1 aliphatic rings. The summed E-state index contributed by atoms with van der Waals surface area (Å²) in [5, 5.41) is 10.6. The van der Waals surface area contributed by atoms with Crippen molar-refractivity contribution in [3.05, 3.63) is 69.8 Å². The Bertz CT molecular complexity index is 728. The zero-order chi connectivity index (χ0) is 16.6. The number of benzene rings is 2. The molecule has 0 bridgehead atoms. The first-order valence-corrected chi connectivity index (χ1v) is 7.15. The number of fused-ring (bicyclic) bond motifs is 2. The van der Waals surface area contributed by atoms with E-state index in [4.69, 9.17) is 9.47 Å². The maximum absolute atomic E-state index is 11.7. The molecule has 0 aromatic heterocycles. The number of aliphatic hydroxyl groups excluding tert-OH is 1. The first-order chi connectivity index (χ1) is 11.0. The van der Waals surface area contributed by atoms with Gasteiger partial charge in [0.2, 0.25) is 0 Å². The molecule has 0 aliphatic heterocycles. The zero-order valence-corrected chi connectivity index (χ0v) is 12.8. The van der Waals surface area contributed by atoms with Crippen molar-refractivity contribution >= 4 is 11.9 Å². The minimum absolute atomic E-state index is 0.420. The highest BCUT2D eigenvalue weighted by Crippen LogP contribution is 2.35. The molecule has 1 N–H and O–H groups in total.